The summed E-state index contributed by atoms with van der Waals surface area (Å²) < 4.78 is 5.17. The number of hydrogen-bond donors (Lipinski definition) is 0. The van der Waals surface area contributed by atoms with Crippen LogP contribution in [0.3, 0.4) is 0 Å². The Hall–Kier alpha value is -4.08. The van der Waals surface area contributed by atoms with E-state index in [4.69, 9.17) is 0 Å². The van der Waals surface area contributed by atoms with E-state index < -0.39 is 0 Å². The summed E-state index contributed by atoms with van der Waals surface area (Å²) >= 11 is 2.07. The van der Waals surface area contributed by atoms with Crippen LogP contribution in [0.1, 0.15) is 168 Å². The predicted octanol–water partition coefficient (Wildman–Crippen LogP) is 15.7. The molecular weight excluding hydrogens is 673 g/mol. The van der Waals surface area contributed by atoms with E-state index in [0.29, 0.717) is 35.5 Å². The summed E-state index contributed by atoms with van der Waals surface area (Å²) in [6.07, 6.45) is 27.4. The molecule has 0 spiro atoms. The minimum Gasteiger partial charge on any atom is -0.308 e. The first-order valence-electron chi connectivity index (χ1n) is 21.5. The zero-order valence-corrected chi connectivity index (χ0v) is 35.8. The molecule has 54 heavy (non-hydrogen) atoms. The van der Waals surface area contributed by atoms with Gasteiger partial charge in [-0.2, -0.15) is 0 Å². The number of rotatable bonds is 4. The highest BCUT2D eigenvalue weighted by atomic mass is 32.1. The van der Waals surface area contributed by atoms with Crippen LogP contribution in [0.15, 0.2) is 67.8 Å². The first-order valence-corrected chi connectivity index (χ1v) is 22.3. The highest BCUT2D eigenvalue weighted by Crippen LogP contribution is 2.67. The third-order valence-electron chi connectivity index (χ3n) is 11.9. The lowest BCUT2D eigenvalue weighted by molar-refractivity contribution is 0.891. The van der Waals surface area contributed by atoms with E-state index >= 15 is 0 Å². The monoisotopic (exact) mass is 736 g/mol. The fraction of sp³-hybridized carbons (Fsp3) is 0.412. The molecule has 7 unspecified atom stereocenters. The second kappa shape index (κ2) is 16.3. The van der Waals surface area contributed by atoms with Crippen LogP contribution in [0.5, 0.6) is 0 Å². The van der Waals surface area contributed by atoms with Crippen molar-refractivity contribution in [1.29, 1.82) is 0 Å². The van der Waals surface area contributed by atoms with Crippen molar-refractivity contribution in [2.24, 2.45) is 23.7 Å². The summed E-state index contributed by atoms with van der Waals surface area (Å²) in [7, 11) is 0. The molecule has 3 fully saturated rings. The van der Waals surface area contributed by atoms with E-state index in [-0.39, 0.29) is 0 Å². The van der Waals surface area contributed by atoms with Gasteiger partial charge in [0.2, 0.25) is 0 Å². The number of thiophene rings is 1. The molecule has 7 aliphatic carbocycles. The molecule has 0 aliphatic heterocycles. The van der Waals surface area contributed by atoms with Crippen molar-refractivity contribution in [3.8, 4) is 0 Å². The van der Waals surface area contributed by atoms with E-state index in [1.54, 1.807) is 16.7 Å². The molecule has 7 aliphatic rings. The predicted molar refractivity (Wildman–Crippen MR) is 243 cm³/mol. The highest BCUT2D eigenvalue weighted by Gasteiger charge is 2.54. The molecule has 3 heterocycles. The molecular formula is C51H64N2S. The van der Waals surface area contributed by atoms with Crippen LogP contribution in [0.2, 0.25) is 0 Å². The van der Waals surface area contributed by atoms with Gasteiger partial charge in [-0.15, -0.1) is 11.3 Å². The Labute approximate surface area is 331 Å². The summed E-state index contributed by atoms with van der Waals surface area (Å²) in [5.74, 6) is 4.75. The molecule has 0 bridgehead atoms. The number of hydrogen-bond acceptors (Lipinski definition) is 1. The molecule has 7 atom stereocenters. The summed E-state index contributed by atoms with van der Waals surface area (Å²) in [4.78, 5) is 3.01. The fourth-order valence-electron chi connectivity index (χ4n) is 9.55. The van der Waals surface area contributed by atoms with Crippen molar-refractivity contribution in [3.63, 3.8) is 0 Å². The van der Waals surface area contributed by atoms with E-state index in [0.717, 1.165) is 18.0 Å². The number of nitrogens with zero attached hydrogens (tertiary/aromatic N) is 2. The van der Waals surface area contributed by atoms with Crippen LogP contribution in [0.4, 0.5) is 0 Å². The summed E-state index contributed by atoms with van der Waals surface area (Å²) in [5, 5.41) is 1.25. The quantitative estimate of drug-likeness (QED) is 0.197. The molecule has 11 rings (SSSR count). The van der Waals surface area contributed by atoms with Gasteiger partial charge in [0.25, 0.3) is 0 Å². The zero-order chi connectivity index (χ0) is 39.0. The van der Waals surface area contributed by atoms with Crippen LogP contribution in [0.25, 0.3) is 52.7 Å². The SMILES string of the molecule is C=Cc1c(C=C)n(C2=CC3CC3c3c2sc2c3C3CC3C=C2n2c3c(c4c2C=CC2C(C)C42)C=CCC=C3)c2ccccc12.CC.CC.CC.CC.CC. The average Bonchev–Trinajstić information content (AvgIpc) is 4.21. The van der Waals surface area contributed by atoms with Gasteiger partial charge in [0.05, 0.1) is 43.7 Å². The van der Waals surface area contributed by atoms with Crippen LogP contribution in [-0.2, 0) is 0 Å². The van der Waals surface area contributed by atoms with Crippen molar-refractivity contribution in [2.45, 2.75) is 113 Å². The Morgan fingerprint density at radius 2 is 1.28 bits per heavy atom. The average molecular weight is 737 g/mol. The van der Waals surface area contributed by atoms with Crippen molar-refractivity contribution in [2.75, 3.05) is 0 Å². The Bertz CT molecular complexity index is 2200. The summed E-state index contributed by atoms with van der Waals surface area (Å²) in [6, 6.07) is 8.81. The van der Waals surface area contributed by atoms with Crippen molar-refractivity contribution < 1.29 is 0 Å². The van der Waals surface area contributed by atoms with Gasteiger partial charge in [0.15, 0.2) is 0 Å². The maximum absolute atomic E-state index is 4.29. The van der Waals surface area contributed by atoms with E-state index in [2.05, 4.69) is 113 Å². The van der Waals surface area contributed by atoms with Crippen molar-refractivity contribution in [3.05, 3.63) is 122 Å². The maximum atomic E-state index is 4.29. The number of allylic oxidation sites excluding steroid dienone is 5. The van der Waals surface area contributed by atoms with Gasteiger partial charge in [0.1, 0.15) is 0 Å². The van der Waals surface area contributed by atoms with E-state index in [1.807, 2.05) is 81.4 Å². The van der Waals surface area contributed by atoms with E-state index in [1.165, 1.54) is 67.4 Å². The van der Waals surface area contributed by atoms with Crippen LogP contribution in [0, 0.1) is 23.7 Å². The van der Waals surface area contributed by atoms with Gasteiger partial charge >= 0.3 is 0 Å². The normalized spacial score (nSPS) is 25.4. The second-order valence-corrected chi connectivity index (χ2v) is 15.1. The molecule has 0 saturated heterocycles. The summed E-state index contributed by atoms with van der Waals surface area (Å²) in [6.45, 7) is 30.9. The topological polar surface area (TPSA) is 9.86 Å². The first kappa shape index (κ1) is 39.6. The molecule has 0 radical (unpaired) electrons. The molecule has 0 amide bonds. The zero-order valence-electron chi connectivity index (χ0n) is 35.0. The third-order valence-corrected chi connectivity index (χ3v) is 13.1. The lowest BCUT2D eigenvalue weighted by atomic mass is 9.90. The Morgan fingerprint density at radius 3 is 1.89 bits per heavy atom. The fourth-order valence-corrected chi connectivity index (χ4v) is 11.0. The number of fused-ring (bicyclic) bond motifs is 13. The lowest BCUT2D eigenvalue weighted by Gasteiger charge is -2.21. The molecule has 4 aromatic rings. The Morgan fingerprint density at radius 1 is 0.685 bits per heavy atom. The highest BCUT2D eigenvalue weighted by molar-refractivity contribution is 7.14. The third kappa shape index (κ3) is 5.88. The first-order chi connectivity index (χ1) is 26.7. The number of benzene rings is 1. The second-order valence-electron chi connectivity index (χ2n) is 14.1. The number of para-hydroxylation sites is 1. The van der Waals surface area contributed by atoms with Crippen molar-refractivity contribution in [1.82, 2.24) is 9.13 Å². The number of aromatic nitrogens is 2. The Kier molecular flexibility index (Phi) is 12.0. The minimum absolute atomic E-state index is 0.633. The molecule has 1 aromatic carbocycles. The van der Waals surface area contributed by atoms with Gasteiger partial charge in [0, 0.05) is 16.5 Å². The van der Waals surface area contributed by atoms with Crippen LogP contribution in [-0.4, -0.2) is 9.13 Å². The van der Waals surface area contributed by atoms with Gasteiger partial charge in [-0.1, -0.05) is 150 Å². The van der Waals surface area contributed by atoms with Gasteiger partial charge in [-0.3, -0.25) is 0 Å². The smallest absolute Gasteiger partial charge is 0.0600 e. The van der Waals surface area contributed by atoms with Gasteiger partial charge in [-0.05, 0) is 102 Å². The summed E-state index contributed by atoms with van der Waals surface area (Å²) in [5.41, 5.74) is 15.6. The molecule has 0 N–H and O–H groups in total. The minimum atomic E-state index is 0.633. The molecule has 2 nitrogen and oxygen atoms in total. The van der Waals surface area contributed by atoms with Crippen molar-refractivity contribution >= 4 is 64.0 Å². The van der Waals surface area contributed by atoms with Crippen LogP contribution >= 0.6 is 11.3 Å². The molecule has 3 heteroatoms. The standard InChI is InChI=1S/C41H34N2S.5C2H6/c1-4-24-26-11-9-10-14-31(26)42(30(24)5-2)34-19-22-17-28(22)38-39-29-18-23(29)20-35(41(39)44-40(34)38)43-32-13-8-6-7-12-27(32)37-33(43)16-15-25-21(3)36(25)37;5*1-2/h4-5,7-16,19-23,25,28-29,36H,1-2,6,17-18H2,3H3;5*1-2H3. The van der Waals surface area contributed by atoms with Crippen LogP contribution < -0.4 is 0 Å². The van der Waals surface area contributed by atoms with E-state index in [9.17, 15) is 0 Å². The largest absolute Gasteiger partial charge is 0.308 e. The molecule has 3 saturated carbocycles. The molecule has 3 aromatic heterocycles. The maximum Gasteiger partial charge on any atom is 0.0600 e. The van der Waals surface area contributed by atoms with Gasteiger partial charge < -0.3 is 9.13 Å². The Balaban J connectivity index is 0.000000463. The lowest BCUT2D eigenvalue weighted by Crippen LogP contribution is -2.09. The van der Waals surface area contributed by atoms with Gasteiger partial charge in [-0.25, -0.2) is 0 Å². The molecule has 284 valence electrons.